The Hall–Kier alpha value is -1.71. The van der Waals surface area contributed by atoms with Gasteiger partial charge in [-0.1, -0.05) is 85.1 Å². The number of thiocarbonyl (C=S) groups is 2. The zero-order chi connectivity index (χ0) is 14.4. The van der Waals surface area contributed by atoms with Gasteiger partial charge in [-0.25, -0.2) is 0 Å². The molecule has 0 aliphatic heterocycles. The van der Waals surface area contributed by atoms with Crippen LogP contribution >= 0.6 is 24.4 Å². The van der Waals surface area contributed by atoms with Crippen molar-refractivity contribution in [1.29, 1.82) is 0 Å². The second kappa shape index (κ2) is 7.17. The summed E-state index contributed by atoms with van der Waals surface area (Å²) in [7, 11) is 0. The molecule has 0 aromatic heterocycles. The highest BCUT2D eigenvalue weighted by Crippen LogP contribution is 2.24. The average Bonchev–Trinajstić information content (AvgIpc) is 2.51. The fourth-order valence-electron chi connectivity index (χ4n) is 2.13. The molecule has 3 heteroatoms. The van der Waals surface area contributed by atoms with Crippen molar-refractivity contribution in [1.82, 2.24) is 0 Å². The minimum atomic E-state index is -0.407. The molecule has 0 saturated heterocycles. The lowest BCUT2D eigenvalue weighted by Crippen LogP contribution is -2.22. The third-order valence-electron chi connectivity index (χ3n) is 3.20. The summed E-state index contributed by atoms with van der Waals surface area (Å²) in [6.45, 7) is 0. The molecule has 0 heterocycles. The van der Waals surface area contributed by atoms with Crippen molar-refractivity contribution in [3.05, 3.63) is 71.8 Å². The van der Waals surface area contributed by atoms with Crippen molar-refractivity contribution in [2.75, 3.05) is 0 Å². The first-order valence-corrected chi connectivity index (χ1v) is 7.26. The molecule has 0 aliphatic carbocycles. The van der Waals surface area contributed by atoms with Crippen LogP contribution in [0.15, 0.2) is 60.7 Å². The van der Waals surface area contributed by atoms with Gasteiger partial charge in [-0.2, -0.15) is 0 Å². The first-order valence-electron chi connectivity index (χ1n) is 6.32. The molecule has 2 aromatic rings. The summed E-state index contributed by atoms with van der Waals surface area (Å²) in [5, 5.41) is 3.04. The zero-order valence-electron chi connectivity index (χ0n) is 10.8. The molecule has 20 heavy (non-hydrogen) atoms. The molecular formula is C17H14OS2. The van der Waals surface area contributed by atoms with E-state index in [1.165, 1.54) is 10.7 Å². The van der Waals surface area contributed by atoms with Crippen molar-refractivity contribution in [2.24, 2.45) is 0 Å². The third kappa shape index (κ3) is 3.24. The van der Waals surface area contributed by atoms with E-state index in [1.54, 1.807) is 0 Å². The molecule has 0 bridgehead atoms. The van der Waals surface area contributed by atoms with E-state index in [2.05, 4.69) is 0 Å². The Bertz CT molecular complexity index is 539. The van der Waals surface area contributed by atoms with Gasteiger partial charge in [-0.3, -0.25) is 4.79 Å². The second-order valence-electron chi connectivity index (χ2n) is 4.45. The Labute approximate surface area is 129 Å². The topological polar surface area (TPSA) is 17.1 Å². The highest BCUT2D eigenvalue weighted by atomic mass is 32.1. The quantitative estimate of drug-likeness (QED) is 0.747. The molecule has 2 unspecified atom stereocenters. The van der Waals surface area contributed by atoms with Crippen LogP contribution in [0, 0.1) is 0 Å². The van der Waals surface area contributed by atoms with Crippen LogP contribution in [0.2, 0.25) is 0 Å². The van der Waals surface area contributed by atoms with E-state index in [0.29, 0.717) is 0 Å². The van der Waals surface area contributed by atoms with E-state index < -0.39 is 11.8 Å². The van der Waals surface area contributed by atoms with E-state index in [1.807, 2.05) is 60.7 Å². The maximum absolute atomic E-state index is 12.7. The Balaban J connectivity index is 2.32. The van der Waals surface area contributed by atoms with Gasteiger partial charge in [-0.05, 0) is 21.9 Å². The summed E-state index contributed by atoms with van der Waals surface area (Å²) in [6.07, 6.45) is 0. The molecule has 0 fully saturated rings. The van der Waals surface area contributed by atoms with Gasteiger partial charge in [0.25, 0.3) is 0 Å². The van der Waals surface area contributed by atoms with Crippen LogP contribution in [0.4, 0.5) is 0 Å². The van der Waals surface area contributed by atoms with Crippen molar-refractivity contribution in [3.8, 4) is 0 Å². The van der Waals surface area contributed by atoms with Crippen molar-refractivity contribution >= 4 is 41.0 Å². The van der Waals surface area contributed by atoms with Gasteiger partial charge in [0.15, 0.2) is 5.78 Å². The Morgan fingerprint density at radius 2 is 1.10 bits per heavy atom. The second-order valence-corrected chi connectivity index (χ2v) is 5.00. The maximum Gasteiger partial charge on any atom is 0.157 e. The molecule has 1 nitrogen and oxygen atoms in total. The zero-order valence-corrected chi connectivity index (χ0v) is 12.4. The Kier molecular flexibility index (Phi) is 5.27. The molecule has 2 rings (SSSR count). The van der Waals surface area contributed by atoms with Gasteiger partial charge in [0.05, 0.1) is 11.8 Å². The summed E-state index contributed by atoms with van der Waals surface area (Å²) in [5.41, 5.74) is 1.82. The molecule has 0 spiro atoms. The SMILES string of the molecule is O=C(C(C=S)c1ccccc1)C(C=S)c1ccccc1. The molecule has 2 atom stereocenters. The van der Waals surface area contributed by atoms with Crippen molar-refractivity contribution in [3.63, 3.8) is 0 Å². The largest absolute Gasteiger partial charge is 0.298 e. The molecule has 0 amide bonds. The Morgan fingerprint density at radius 3 is 1.40 bits per heavy atom. The van der Waals surface area contributed by atoms with Crippen LogP contribution in [0.3, 0.4) is 0 Å². The summed E-state index contributed by atoms with van der Waals surface area (Å²) in [4.78, 5) is 12.7. The highest BCUT2D eigenvalue weighted by Gasteiger charge is 2.26. The first-order chi connectivity index (χ1) is 9.77. The van der Waals surface area contributed by atoms with Gasteiger partial charge in [-0.15, -0.1) is 0 Å². The predicted octanol–water partition coefficient (Wildman–Crippen LogP) is 4.12. The highest BCUT2D eigenvalue weighted by molar-refractivity contribution is 7.79. The fourth-order valence-corrected chi connectivity index (χ4v) is 2.72. The molecule has 2 aromatic carbocycles. The standard InChI is InChI=1S/C17H14OS2/c18-17(15(11-19)13-7-3-1-4-8-13)16(12-20)14-9-5-2-6-10-14/h1-12,15-16H. The normalized spacial score (nSPS) is 13.2. The van der Waals surface area contributed by atoms with Crippen molar-refractivity contribution < 1.29 is 4.79 Å². The van der Waals surface area contributed by atoms with Gasteiger partial charge >= 0.3 is 0 Å². The number of hydrogen-bond donors (Lipinski definition) is 0. The van der Waals surface area contributed by atoms with Gasteiger partial charge in [0.2, 0.25) is 0 Å². The van der Waals surface area contributed by atoms with E-state index in [4.69, 9.17) is 24.4 Å². The maximum atomic E-state index is 12.7. The summed E-state index contributed by atoms with van der Waals surface area (Å²) >= 11 is 10.1. The minimum Gasteiger partial charge on any atom is -0.298 e. The Morgan fingerprint density at radius 1 is 0.750 bits per heavy atom. The molecule has 0 radical (unpaired) electrons. The van der Waals surface area contributed by atoms with Crippen LogP contribution in [-0.2, 0) is 4.79 Å². The summed E-state index contributed by atoms with van der Waals surface area (Å²) < 4.78 is 0. The number of ketones is 1. The predicted molar refractivity (Wildman–Crippen MR) is 90.7 cm³/mol. The smallest absolute Gasteiger partial charge is 0.157 e. The van der Waals surface area contributed by atoms with Crippen LogP contribution in [-0.4, -0.2) is 16.5 Å². The van der Waals surface area contributed by atoms with E-state index in [9.17, 15) is 4.79 Å². The van der Waals surface area contributed by atoms with E-state index in [0.717, 1.165) is 11.1 Å². The van der Waals surface area contributed by atoms with Crippen LogP contribution in [0.1, 0.15) is 23.0 Å². The number of carbonyl (C=O) groups is 1. The summed E-state index contributed by atoms with van der Waals surface area (Å²) in [5.74, 6) is -0.793. The number of carbonyl (C=O) groups excluding carboxylic acids is 1. The van der Waals surface area contributed by atoms with Crippen LogP contribution in [0.5, 0.6) is 0 Å². The monoisotopic (exact) mass is 298 g/mol. The lowest BCUT2D eigenvalue weighted by Gasteiger charge is -2.17. The molecule has 100 valence electrons. The number of hydrogen-bond acceptors (Lipinski definition) is 3. The minimum absolute atomic E-state index is 0.0207. The van der Waals surface area contributed by atoms with Crippen molar-refractivity contribution in [2.45, 2.75) is 11.8 Å². The first kappa shape index (κ1) is 14.7. The van der Waals surface area contributed by atoms with Crippen LogP contribution in [0.25, 0.3) is 0 Å². The fraction of sp³-hybridized carbons (Fsp3) is 0.118. The molecule has 0 saturated carbocycles. The van der Waals surface area contributed by atoms with Gasteiger partial charge in [0.1, 0.15) is 0 Å². The molecule has 0 aliphatic rings. The van der Waals surface area contributed by atoms with E-state index in [-0.39, 0.29) is 5.78 Å². The average molecular weight is 298 g/mol. The lowest BCUT2D eigenvalue weighted by molar-refractivity contribution is -0.118. The number of Topliss-reactive ketones (excluding diaryl/α,β-unsaturated/α-hetero) is 1. The third-order valence-corrected chi connectivity index (χ3v) is 3.75. The molecular weight excluding hydrogens is 284 g/mol. The molecule has 0 N–H and O–H groups in total. The lowest BCUT2D eigenvalue weighted by atomic mass is 9.86. The van der Waals surface area contributed by atoms with Crippen LogP contribution < -0.4 is 0 Å². The van der Waals surface area contributed by atoms with E-state index >= 15 is 0 Å². The number of rotatable bonds is 6. The van der Waals surface area contributed by atoms with Gasteiger partial charge in [0, 0.05) is 0 Å². The van der Waals surface area contributed by atoms with Gasteiger partial charge < -0.3 is 0 Å². The number of benzene rings is 2. The summed E-state index contributed by atoms with van der Waals surface area (Å²) in [6, 6.07) is 19.1.